The number of ether oxygens (including phenoxy) is 1. The number of β-amino-alcohol motifs (C(OH)–C–C–N with tert-alkyl or cyclic N) is 1. The maximum atomic E-state index is 12.5. The van der Waals surface area contributed by atoms with Crippen molar-refractivity contribution in [3.8, 4) is 5.75 Å². The minimum atomic E-state index is -0.945. The highest BCUT2D eigenvalue weighted by molar-refractivity contribution is 6.07. The Morgan fingerprint density at radius 3 is 2.40 bits per heavy atom. The van der Waals surface area contributed by atoms with E-state index in [1.54, 1.807) is 0 Å². The SMILES string of the molecule is CCC1(CC)NC(=O)N(C[C@@H](O)COc2ccccc2C(C)C)C1=O. The number of carbonyl (C=O) groups excluding carboxylic acids is 2. The van der Waals surface area contributed by atoms with E-state index in [1.165, 1.54) is 0 Å². The monoisotopic (exact) mass is 348 g/mol. The standard InChI is InChI=1S/C19H28N2O4/c1-5-19(6-2)17(23)21(18(24)20-19)11-14(22)12-25-16-10-8-7-9-15(16)13(3)4/h7-10,13-14,22H,5-6,11-12H2,1-4H3,(H,20,24)/t14-/m1/s1. The molecule has 1 fully saturated rings. The van der Waals surface area contributed by atoms with Crippen LogP contribution in [-0.4, -0.2) is 46.7 Å². The molecule has 1 aliphatic heterocycles. The lowest BCUT2D eigenvalue weighted by molar-refractivity contribution is -0.132. The molecule has 0 radical (unpaired) electrons. The maximum Gasteiger partial charge on any atom is 0.325 e. The highest BCUT2D eigenvalue weighted by Crippen LogP contribution is 2.27. The first-order valence-electron chi connectivity index (χ1n) is 8.88. The number of aliphatic hydroxyl groups excluding tert-OH is 1. The van der Waals surface area contributed by atoms with Crippen LogP contribution in [0.25, 0.3) is 0 Å². The van der Waals surface area contributed by atoms with E-state index < -0.39 is 17.7 Å². The number of aliphatic hydroxyl groups is 1. The Kier molecular flexibility index (Phi) is 6.06. The predicted octanol–water partition coefficient (Wildman–Crippen LogP) is 2.66. The number of imide groups is 1. The van der Waals surface area contributed by atoms with Crippen molar-refractivity contribution in [2.45, 2.75) is 58.1 Å². The lowest BCUT2D eigenvalue weighted by Gasteiger charge is -2.24. The van der Waals surface area contributed by atoms with Crippen molar-refractivity contribution < 1.29 is 19.4 Å². The van der Waals surface area contributed by atoms with Gasteiger partial charge in [0.15, 0.2) is 0 Å². The van der Waals surface area contributed by atoms with Gasteiger partial charge in [0, 0.05) is 0 Å². The summed E-state index contributed by atoms with van der Waals surface area (Å²) in [5, 5.41) is 13.0. The van der Waals surface area contributed by atoms with Crippen LogP contribution in [0.2, 0.25) is 0 Å². The molecule has 0 unspecified atom stereocenters. The topological polar surface area (TPSA) is 78.9 Å². The zero-order valence-corrected chi connectivity index (χ0v) is 15.4. The number of rotatable bonds is 8. The third kappa shape index (κ3) is 3.95. The van der Waals surface area contributed by atoms with Gasteiger partial charge in [-0.3, -0.25) is 9.69 Å². The van der Waals surface area contributed by atoms with Gasteiger partial charge in [-0.25, -0.2) is 4.79 Å². The molecule has 1 saturated heterocycles. The third-order valence-corrected chi connectivity index (χ3v) is 4.82. The van der Waals surface area contributed by atoms with Gasteiger partial charge < -0.3 is 15.2 Å². The molecule has 1 aromatic rings. The Bertz CT molecular complexity index is 626. The number of urea groups is 1. The zero-order chi connectivity index (χ0) is 18.6. The van der Waals surface area contributed by atoms with Crippen LogP contribution in [0, 0.1) is 0 Å². The first-order valence-corrected chi connectivity index (χ1v) is 8.88. The summed E-state index contributed by atoms with van der Waals surface area (Å²) < 4.78 is 5.73. The van der Waals surface area contributed by atoms with E-state index in [2.05, 4.69) is 19.2 Å². The fourth-order valence-corrected chi connectivity index (χ4v) is 3.11. The van der Waals surface area contributed by atoms with Crippen molar-refractivity contribution in [3.05, 3.63) is 29.8 Å². The van der Waals surface area contributed by atoms with Gasteiger partial charge in [0.2, 0.25) is 0 Å². The summed E-state index contributed by atoms with van der Waals surface area (Å²) in [7, 11) is 0. The number of hydrogen-bond donors (Lipinski definition) is 2. The van der Waals surface area contributed by atoms with E-state index in [4.69, 9.17) is 4.74 Å². The number of nitrogens with zero attached hydrogens (tertiary/aromatic N) is 1. The van der Waals surface area contributed by atoms with Gasteiger partial charge in [-0.05, 0) is 30.4 Å². The molecule has 1 aromatic carbocycles. The lowest BCUT2D eigenvalue weighted by Crippen LogP contribution is -2.46. The van der Waals surface area contributed by atoms with Crippen molar-refractivity contribution in [2.24, 2.45) is 0 Å². The van der Waals surface area contributed by atoms with Crippen molar-refractivity contribution >= 4 is 11.9 Å². The minimum Gasteiger partial charge on any atom is -0.491 e. The zero-order valence-electron chi connectivity index (χ0n) is 15.4. The minimum absolute atomic E-state index is 0.0199. The molecule has 1 aliphatic rings. The highest BCUT2D eigenvalue weighted by Gasteiger charge is 2.48. The molecule has 1 heterocycles. The third-order valence-electron chi connectivity index (χ3n) is 4.82. The Hall–Kier alpha value is -2.08. The molecule has 0 bridgehead atoms. The van der Waals surface area contributed by atoms with Crippen LogP contribution >= 0.6 is 0 Å². The number of para-hydroxylation sites is 1. The number of amides is 3. The molecule has 1 atom stereocenters. The second-order valence-corrected chi connectivity index (χ2v) is 6.79. The lowest BCUT2D eigenvalue weighted by atomic mass is 9.93. The number of benzene rings is 1. The van der Waals surface area contributed by atoms with Crippen LogP contribution in [0.1, 0.15) is 52.0 Å². The van der Waals surface area contributed by atoms with E-state index in [9.17, 15) is 14.7 Å². The van der Waals surface area contributed by atoms with E-state index in [1.807, 2.05) is 38.1 Å². The number of carbonyl (C=O) groups is 2. The second-order valence-electron chi connectivity index (χ2n) is 6.79. The van der Waals surface area contributed by atoms with Gasteiger partial charge in [0.25, 0.3) is 5.91 Å². The fourth-order valence-electron chi connectivity index (χ4n) is 3.11. The summed E-state index contributed by atoms with van der Waals surface area (Å²) in [5.41, 5.74) is 0.211. The van der Waals surface area contributed by atoms with Gasteiger partial charge in [0.05, 0.1) is 6.54 Å². The summed E-state index contributed by atoms with van der Waals surface area (Å²) in [6, 6.07) is 7.22. The average molecular weight is 348 g/mol. The number of hydrogen-bond acceptors (Lipinski definition) is 4. The summed E-state index contributed by atoms with van der Waals surface area (Å²) in [6.07, 6.45) is 0.108. The van der Waals surface area contributed by atoms with Gasteiger partial charge >= 0.3 is 6.03 Å². The van der Waals surface area contributed by atoms with E-state index >= 15 is 0 Å². The summed E-state index contributed by atoms with van der Waals surface area (Å²) >= 11 is 0. The molecule has 138 valence electrons. The smallest absolute Gasteiger partial charge is 0.325 e. The van der Waals surface area contributed by atoms with E-state index in [0.717, 1.165) is 10.5 Å². The Morgan fingerprint density at radius 2 is 1.84 bits per heavy atom. The first kappa shape index (κ1) is 19.2. The van der Waals surface area contributed by atoms with Crippen molar-refractivity contribution in [2.75, 3.05) is 13.2 Å². The Morgan fingerprint density at radius 1 is 1.20 bits per heavy atom. The molecule has 0 aliphatic carbocycles. The number of nitrogens with one attached hydrogen (secondary N) is 1. The molecule has 0 saturated carbocycles. The van der Waals surface area contributed by atoms with Gasteiger partial charge in [-0.1, -0.05) is 45.9 Å². The van der Waals surface area contributed by atoms with Crippen LogP contribution in [0.3, 0.4) is 0 Å². The van der Waals surface area contributed by atoms with Crippen LogP contribution < -0.4 is 10.1 Å². The predicted molar refractivity (Wildman–Crippen MR) is 95.6 cm³/mol. The summed E-state index contributed by atoms with van der Waals surface area (Å²) in [4.78, 5) is 25.7. The first-order chi connectivity index (χ1) is 11.8. The fraction of sp³-hybridized carbons (Fsp3) is 0.579. The Labute approximate surface area is 149 Å². The van der Waals surface area contributed by atoms with Crippen molar-refractivity contribution in [1.82, 2.24) is 10.2 Å². The maximum absolute atomic E-state index is 12.5. The molecule has 2 N–H and O–H groups in total. The van der Waals surface area contributed by atoms with Crippen LogP contribution in [0.15, 0.2) is 24.3 Å². The van der Waals surface area contributed by atoms with Gasteiger partial charge in [-0.2, -0.15) is 0 Å². The Balaban J connectivity index is 1.98. The second kappa shape index (κ2) is 7.87. The molecule has 6 nitrogen and oxygen atoms in total. The summed E-state index contributed by atoms with van der Waals surface area (Å²) in [6.45, 7) is 7.82. The largest absolute Gasteiger partial charge is 0.491 e. The normalized spacial score (nSPS) is 17.8. The van der Waals surface area contributed by atoms with E-state index in [0.29, 0.717) is 24.5 Å². The van der Waals surface area contributed by atoms with Crippen molar-refractivity contribution in [3.63, 3.8) is 0 Å². The van der Waals surface area contributed by atoms with E-state index in [-0.39, 0.29) is 19.1 Å². The van der Waals surface area contributed by atoms with Crippen LogP contribution in [0.5, 0.6) is 5.75 Å². The molecule has 25 heavy (non-hydrogen) atoms. The quantitative estimate of drug-likeness (QED) is 0.708. The summed E-state index contributed by atoms with van der Waals surface area (Å²) in [5.74, 6) is 0.739. The molecule has 0 aromatic heterocycles. The average Bonchev–Trinajstić information content (AvgIpc) is 2.84. The molecular weight excluding hydrogens is 320 g/mol. The van der Waals surface area contributed by atoms with Gasteiger partial charge in [0.1, 0.15) is 24.0 Å². The highest BCUT2D eigenvalue weighted by atomic mass is 16.5. The van der Waals surface area contributed by atoms with Crippen LogP contribution in [0.4, 0.5) is 4.79 Å². The van der Waals surface area contributed by atoms with Crippen molar-refractivity contribution in [1.29, 1.82) is 0 Å². The molecule has 0 spiro atoms. The van der Waals surface area contributed by atoms with Crippen LogP contribution in [-0.2, 0) is 4.79 Å². The molecule has 2 rings (SSSR count). The molecule has 6 heteroatoms. The molecular formula is C19H28N2O4. The van der Waals surface area contributed by atoms with Gasteiger partial charge in [-0.15, -0.1) is 0 Å². The molecule has 3 amide bonds.